The number of carbonyl (C=O) groups is 2. The van der Waals surface area contributed by atoms with Crippen LogP contribution in [0.15, 0.2) is 102 Å². The van der Waals surface area contributed by atoms with Gasteiger partial charge >= 0.3 is 0 Å². The van der Waals surface area contributed by atoms with E-state index in [1.165, 1.54) is 0 Å². The molecule has 1 aliphatic heterocycles. The van der Waals surface area contributed by atoms with Crippen LogP contribution >= 0.6 is 0 Å². The van der Waals surface area contributed by atoms with Crippen LogP contribution in [-0.4, -0.2) is 27.2 Å². The summed E-state index contributed by atoms with van der Waals surface area (Å²) < 4.78 is 0. The van der Waals surface area contributed by atoms with Gasteiger partial charge in [-0.25, -0.2) is 4.98 Å². The topological polar surface area (TPSA) is 75.2 Å². The van der Waals surface area contributed by atoms with E-state index in [1.54, 1.807) is 6.07 Å². The first-order chi connectivity index (χ1) is 17.2. The van der Waals surface area contributed by atoms with Crippen molar-refractivity contribution in [1.82, 2.24) is 9.97 Å². The average molecular weight is 456 g/mol. The first kappa shape index (κ1) is 20.9. The number of hydrogen-bond donors (Lipinski definition) is 1. The lowest BCUT2D eigenvalue weighted by Gasteiger charge is -2.07. The molecule has 5 heteroatoms. The Labute approximate surface area is 202 Å². The van der Waals surface area contributed by atoms with Gasteiger partial charge in [0.05, 0.1) is 17.6 Å². The standard InChI is InChI=1S/C30H21N3O2/c34-27(20-8-2-1-3-9-20)16-19-7-6-10-21(15-19)29(35)22-13-14-24-23(17-22)18-31-28(24)30-32-25-11-4-5-12-26(25)33-30/h1-15,17H,16,18H2,(H,32,33). The number of carbonyl (C=O) groups excluding carboxylic acids is 2. The number of rotatable bonds is 6. The Hall–Kier alpha value is -4.64. The number of aromatic nitrogens is 2. The van der Waals surface area contributed by atoms with Gasteiger partial charge < -0.3 is 4.98 Å². The highest BCUT2D eigenvalue weighted by Gasteiger charge is 2.22. The van der Waals surface area contributed by atoms with E-state index >= 15 is 0 Å². The highest BCUT2D eigenvalue weighted by atomic mass is 16.1. The molecule has 35 heavy (non-hydrogen) atoms. The molecular weight excluding hydrogens is 434 g/mol. The summed E-state index contributed by atoms with van der Waals surface area (Å²) in [6.45, 7) is 0.508. The van der Waals surface area contributed by atoms with Crippen LogP contribution in [0.5, 0.6) is 0 Å². The van der Waals surface area contributed by atoms with E-state index in [-0.39, 0.29) is 18.0 Å². The van der Waals surface area contributed by atoms with Crippen LogP contribution in [0.4, 0.5) is 0 Å². The molecule has 0 aliphatic carbocycles. The minimum atomic E-state index is -0.0704. The molecule has 0 saturated carbocycles. The molecule has 6 rings (SSSR count). The molecule has 168 valence electrons. The van der Waals surface area contributed by atoms with Gasteiger partial charge in [-0.05, 0) is 35.4 Å². The van der Waals surface area contributed by atoms with Gasteiger partial charge in [0.25, 0.3) is 0 Å². The van der Waals surface area contributed by atoms with Crippen molar-refractivity contribution >= 4 is 28.3 Å². The molecule has 1 aromatic heterocycles. The lowest BCUT2D eigenvalue weighted by Crippen LogP contribution is -2.07. The fourth-order valence-electron chi connectivity index (χ4n) is 4.51. The summed E-state index contributed by atoms with van der Waals surface area (Å²) >= 11 is 0. The molecule has 1 N–H and O–H groups in total. The number of para-hydroxylation sites is 2. The van der Waals surface area contributed by atoms with Crippen molar-refractivity contribution < 1.29 is 9.59 Å². The van der Waals surface area contributed by atoms with Crippen LogP contribution < -0.4 is 0 Å². The van der Waals surface area contributed by atoms with Gasteiger partial charge in [-0.2, -0.15) is 0 Å². The Balaban J connectivity index is 1.24. The van der Waals surface area contributed by atoms with Gasteiger partial charge in [-0.15, -0.1) is 0 Å². The van der Waals surface area contributed by atoms with Gasteiger partial charge in [-0.1, -0.05) is 72.8 Å². The van der Waals surface area contributed by atoms with Crippen molar-refractivity contribution in [3.8, 4) is 0 Å². The van der Waals surface area contributed by atoms with Crippen LogP contribution in [0.3, 0.4) is 0 Å². The molecule has 4 aromatic carbocycles. The summed E-state index contributed by atoms with van der Waals surface area (Å²) in [5, 5.41) is 0. The zero-order valence-electron chi connectivity index (χ0n) is 18.9. The molecule has 0 fully saturated rings. The van der Waals surface area contributed by atoms with Crippen molar-refractivity contribution in [2.45, 2.75) is 13.0 Å². The van der Waals surface area contributed by atoms with Crippen molar-refractivity contribution in [2.75, 3.05) is 0 Å². The highest BCUT2D eigenvalue weighted by molar-refractivity contribution is 6.15. The molecule has 0 saturated heterocycles. The predicted octanol–water partition coefficient (Wildman–Crippen LogP) is 5.57. The van der Waals surface area contributed by atoms with Gasteiger partial charge in [0, 0.05) is 28.7 Å². The van der Waals surface area contributed by atoms with Crippen LogP contribution in [0, 0.1) is 0 Å². The molecule has 0 radical (unpaired) electrons. The minimum absolute atomic E-state index is 0.0306. The molecule has 5 aromatic rings. The second kappa shape index (κ2) is 8.61. The maximum Gasteiger partial charge on any atom is 0.193 e. The van der Waals surface area contributed by atoms with E-state index in [0.717, 1.165) is 39.3 Å². The highest BCUT2D eigenvalue weighted by Crippen LogP contribution is 2.26. The van der Waals surface area contributed by atoms with Gasteiger partial charge in [0.15, 0.2) is 17.4 Å². The maximum atomic E-state index is 13.3. The van der Waals surface area contributed by atoms with E-state index in [1.807, 2.05) is 91.0 Å². The van der Waals surface area contributed by atoms with Gasteiger partial charge in [0.1, 0.15) is 5.71 Å². The first-order valence-corrected chi connectivity index (χ1v) is 11.5. The average Bonchev–Trinajstić information content (AvgIpc) is 3.52. The molecule has 0 bridgehead atoms. The zero-order chi connectivity index (χ0) is 23.8. The molecule has 0 spiro atoms. The van der Waals surface area contributed by atoms with E-state index in [9.17, 15) is 9.59 Å². The number of fused-ring (bicyclic) bond motifs is 2. The van der Waals surface area contributed by atoms with Crippen LogP contribution in [0.25, 0.3) is 11.0 Å². The third-order valence-corrected chi connectivity index (χ3v) is 6.29. The Bertz CT molecular complexity index is 1600. The van der Waals surface area contributed by atoms with Crippen LogP contribution in [-0.2, 0) is 13.0 Å². The number of ketones is 2. The van der Waals surface area contributed by atoms with Crippen molar-refractivity contribution in [3.63, 3.8) is 0 Å². The van der Waals surface area contributed by atoms with Crippen molar-refractivity contribution in [1.29, 1.82) is 0 Å². The summed E-state index contributed by atoms with van der Waals surface area (Å²) in [4.78, 5) is 38.6. The fourth-order valence-corrected chi connectivity index (χ4v) is 4.51. The maximum absolute atomic E-state index is 13.3. The predicted molar refractivity (Wildman–Crippen MR) is 136 cm³/mol. The minimum Gasteiger partial charge on any atom is -0.337 e. The Morgan fingerprint density at radius 2 is 1.54 bits per heavy atom. The summed E-state index contributed by atoms with van der Waals surface area (Å²) in [6.07, 6.45) is 0.254. The van der Waals surface area contributed by atoms with E-state index in [4.69, 9.17) is 4.99 Å². The monoisotopic (exact) mass is 455 g/mol. The number of Topliss-reactive ketones (excluding diaryl/α,β-unsaturated/α-hetero) is 1. The number of aliphatic imine (C=N–C) groups is 1. The van der Waals surface area contributed by atoms with Crippen molar-refractivity contribution in [2.24, 2.45) is 4.99 Å². The van der Waals surface area contributed by atoms with Crippen LogP contribution in [0.1, 0.15) is 48.8 Å². The third kappa shape index (κ3) is 3.97. The van der Waals surface area contributed by atoms with Gasteiger partial charge in [-0.3, -0.25) is 14.6 Å². The van der Waals surface area contributed by atoms with Gasteiger partial charge in [0.2, 0.25) is 0 Å². The smallest absolute Gasteiger partial charge is 0.193 e. The van der Waals surface area contributed by atoms with E-state index in [0.29, 0.717) is 23.2 Å². The zero-order valence-corrected chi connectivity index (χ0v) is 18.9. The molecule has 1 aliphatic rings. The summed E-state index contributed by atoms with van der Waals surface area (Å²) in [6, 6.07) is 30.1. The largest absolute Gasteiger partial charge is 0.337 e. The molecule has 0 unspecified atom stereocenters. The first-order valence-electron chi connectivity index (χ1n) is 11.5. The number of nitrogens with one attached hydrogen (secondary N) is 1. The second-order valence-electron chi connectivity index (χ2n) is 8.63. The Morgan fingerprint density at radius 3 is 2.40 bits per heavy atom. The Morgan fingerprint density at radius 1 is 0.771 bits per heavy atom. The third-order valence-electron chi connectivity index (χ3n) is 6.29. The molecule has 2 heterocycles. The number of H-pyrrole nitrogens is 1. The lowest BCUT2D eigenvalue weighted by atomic mass is 9.95. The number of nitrogens with zero attached hydrogens (tertiary/aromatic N) is 2. The fraction of sp³-hybridized carbons (Fsp3) is 0.0667. The van der Waals surface area contributed by atoms with Crippen LogP contribution in [0.2, 0.25) is 0 Å². The lowest BCUT2D eigenvalue weighted by molar-refractivity contribution is 0.0990. The second-order valence-corrected chi connectivity index (χ2v) is 8.63. The SMILES string of the molecule is O=C(Cc1cccc(C(=O)c2ccc3c(c2)CN=C3c2nc3ccccc3[nH]2)c1)c1ccccc1. The number of imidazole rings is 1. The molecule has 0 amide bonds. The Kier molecular flexibility index (Phi) is 5.15. The molecule has 5 nitrogen and oxygen atoms in total. The summed E-state index contributed by atoms with van der Waals surface area (Å²) in [5.41, 5.74) is 7.34. The molecule has 0 atom stereocenters. The summed E-state index contributed by atoms with van der Waals surface area (Å²) in [7, 11) is 0. The quantitative estimate of drug-likeness (QED) is 0.340. The number of hydrogen-bond acceptors (Lipinski definition) is 4. The number of aromatic amines is 1. The summed E-state index contributed by atoms with van der Waals surface area (Å²) in [5.74, 6) is 0.696. The van der Waals surface area contributed by atoms with E-state index < -0.39 is 0 Å². The van der Waals surface area contributed by atoms with Crippen molar-refractivity contribution in [3.05, 3.63) is 136 Å². The number of benzene rings is 4. The molecular formula is C30H21N3O2. The van der Waals surface area contributed by atoms with E-state index in [2.05, 4.69) is 9.97 Å². The normalized spacial score (nSPS) is 12.4.